The summed E-state index contributed by atoms with van der Waals surface area (Å²) in [7, 11) is 0. The average Bonchev–Trinajstić information content (AvgIpc) is 3.09. The van der Waals surface area contributed by atoms with Crippen LogP contribution in [0.25, 0.3) is 0 Å². The zero-order valence-corrected chi connectivity index (χ0v) is 29.1. The van der Waals surface area contributed by atoms with Gasteiger partial charge >= 0.3 is 6.09 Å². The summed E-state index contributed by atoms with van der Waals surface area (Å²) in [6.07, 6.45) is 1.82. The van der Waals surface area contributed by atoms with Gasteiger partial charge in [-0.3, -0.25) is 9.69 Å². The maximum atomic E-state index is 14.7. The van der Waals surface area contributed by atoms with Crippen molar-refractivity contribution in [3.05, 3.63) is 98.7 Å². The lowest BCUT2D eigenvalue weighted by Gasteiger charge is -2.40. The molecule has 47 heavy (non-hydrogen) atoms. The van der Waals surface area contributed by atoms with Crippen molar-refractivity contribution in [1.29, 1.82) is 0 Å². The maximum Gasteiger partial charge on any atom is 0.408 e. The molecule has 2 saturated heterocycles. The Hall–Kier alpha value is -3.18. The molecular formula is C36H43BrClFN4O4. The van der Waals surface area contributed by atoms with Gasteiger partial charge in [0.2, 0.25) is 5.91 Å². The van der Waals surface area contributed by atoms with Crippen molar-refractivity contribution in [3.63, 3.8) is 0 Å². The van der Waals surface area contributed by atoms with E-state index in [-0.39, 0.29) is 24.2 Å². The third-order valence-corrected chi connectivity index (χ3v) is 10.0. The number of nitrogens with one attached hydrogen (secondary N) is 1. The first-order chi connectivity index (χ1) is 22.8. The van der Waals surface area contributed by atoms with Gasteiger partial charge in [-0.15, -0.1) is 0 Å². The molecule has 0 spiro atoms. The zero-order valence-electron chi connectivity index (χ0n) is 26.8. The molecule has 2 fully saturated rings. The minimum atomic E-state index is -0.690. The number of ether oxygens (including phenoxy) is 2. The number of carbonyl (C=O) groups excluding carboxylic acids is 2. The van der Waals surface area contributed by atoms with Crippen LogP contribution in [0, 0.1) is 11.7 Å². The number of hydrogen-bond acceptors (Lipinski definition) is 6. The Morgan fingerprint density at radius 1 is 0.979 bits per heavy atom. The second kappa shape index (κ2) is 17.3. The van der Waals surface area contributed by atoms with Crippen LogP contribution >= 0.6 is 27.5 Å². The predicted octanol–water partition coefficient (Wildman–Crippen LogP) is 6.53. The summed E-state index contributed by atoms with van der Waals surface area (Å²) in [6, 6.07) is 19.5. The van der Waals surface area contributed by atoms with Crippen LogP contribution in [0.15, 0.2) is 71.2 Å². The largest absolute Gasteiger partial charge is 0.493 e. The summed E-state index contributed by atoms with van der Waals surface area (Å²) in [5.74, 6) is 0.143. The van der Waals surface area contributed by atoms with Crippen molar-refractivity contribution < 1.29 is 23.5 Å². The quantitative estimate of drug-likeness (QED) is 0.229. The number of likely N-dealkylation sites (tertiary alicyclic amines) is 1. The molecule has 2 heterocycles. The molecule has 1 N–H and O–H groups in total. The SMILES string of the molecule is CCOc1cccc(F)c1CN1CCN(C(=O)[C@H](NC(=O)OCc2ccccc2)C2CCN(CCc3cc(Cl)ccc3Br)CC2)CC1. The molecule has 0 radical (unpaired) electrons. The first-order valence-corrected chi connectivity index (χ1v) is 17.5. The van der Waals surface area contributed by atoms with Crippen LogP contribution in [0.3, 0.4) is 0 Å². The highest BCUT2D eigenvalue weighted by atomic mass is 79.9. The molecule has 0 bridgehead atoms. The summed E-state index contributed by atoms with van der Waals surface area (Å²) in [6.45, 7) is 7.56. The van der Waals surface area contributed by atoms with Gasteiger partial charge in [0.25, 0.3) is 0 Å². The van der Waals surface area contributed by atoms with Gasteiger partial charge in [0.1, 0.15) is 24.2 Å². The van der Waals surface area contributed by atoms with Gasteiger partial charge in [-0.05, 0) is 86.7 Å². The number of alkyl carbamates (subject to hydrolysis) is 1. The summed E-state index contributed by atoms with van der Waals surface area (Å²) in [5.41, 5.74) is 2.58. The van der Waals surface area contributed by atoms with Gasteiger partial charge < -0.3 is 24.6 Å². The van der Waals surface area contributed by atoms with E-state index in [2.05, 4.69) is 31.0 Å². The number of benzene rings is 3. The molecule has 252 valence electrons. The number of hydrogen-bond donors (Lipinski definition) is 1. The fourth-order valence-corrected chi connectivity index (χ4v) is 6.97. The van der Waals surface area contributed by atoms with Crippen molar-refractivity contribution in [2.75, 3.05) is 52.4 Å². The topological polar surface area (TPSA) is 74.3 Å². The number of halogens is 3. The Balaban J connectivity index is 1.19. The number of rotatable bonds is 12. The monoisotopic (exact) mass is 728 g/mol. The molecule has 3 aromatic carbocycles. The maximum absolute atomic E-state index is 14.7. The molecule has 2 aliphatic heterocycles. The molecule has 11 heteroatoms. The van der Waals surface area contributed by atoms with Gasteiger partial charge in [0.15, 0.2) is 0 Å². The highest BCUT2D eigenvalue weighted by Crippen LogP contribution is 2.27. The third-order valence-electron chi connectivity index (χ3n) is 9.00. The van der Waals surface area contributed by atoms with E-state index in [4.69, 9.17) is 21.1 Å². The van der Waals surface area contributed by atoms with Crippen molar-refractivity contribution >= 4 is 39.5 Å². The lowest BCUT2D eigenvalue weighted by atomic mass is 9.88. The molecule has 3 aromatic rings. The Labute approximate surface area is 290 Å². The van der Waals surface area contributed by atoms with E-state index >= 15 is 0 Å². The Bertz CT molecular complexity index is 1480. The lowest BCUT2D eigenvalue weighted by molar-refractivity contribution is -0.137. The summed E-state index contributed by atoms with van der Waals surface area (Å²) in [4.78, 5) is 33.4. The van der Waals surface area contributed by atoms with E-state index in [9.17, 15) is 14.0 Å². The van der Waals surface area contributed by atoms with Crippen LogP contribution < -0.4 is 10.1 Å². The molecule has 5 rings (SSSR count). The van der Waals surface area contributed by atoms with Crippen LogP contribution in [0.2, 0.25) is 5.02 Å². The molecule has 2 aliphatic rings. The minimum Gasteiger partial charge on any atom is -0.493 e. The van der Waals surface area contributed by atoms with E-state index < -0.39 is 12.1 Å². The second-order valence-corrected chi connectivity index (χ2v) is 13.4. The Morgan fingerprint density at radius 3 is 2.45 bits per heavy atom. The molecule has 0 aromatic heterocycles. The zero-order chi connectivity index (χ0) is 33.2. The molecule has 0 aliphatic carbocycles. The van der Waals surface area contributed by atoms with E-state index in [1.165, 1.54) is 11.6 Å². The fraction of sp³-hybridized carbons (Fsp3) is 0.444. The third kappa shape index (κ3) is 9.92. The van der Waals surface area contributed by atoms with Crippen LogP contribution in [0.4, 0.5) is 9.18 Å². The number of piperazine rings is 1. The lowest BCUT2D eigenvalue weighted by Crippen LogP contribution is -2.58. The van der Waals surface area contributed by atoms with Crippen LogP contribution in [0.5, 0.6) is 5.75 Å². The fourth-order valence-electron chi connectivity index (χ4n) is 6.33. The number of nitrogens with zero attached hydrogens (tertiary/aromatic N) is 3. The van der Waals surface area contributed by atoms with E-state index in [0.29, 0.717) is 50.6 Å². The molecule has 1 atom stereocenters. The number of amides is 2. The minimum absolute atomic E-state index is 0.0221. The van der Waals surface area contributed by atoms with Gasteiger partial charge in [0, 0.05) is 54.3 Å². The van der Waals surface area contributed by atoms with Crippen LogP contribution in [-0.2, 0) is 29.1 Å². The van der Waals surface area contributed by atoms with E-state index in [1.807, 2.05) is 60.4 Å². The number of piperidine rings is 1. The van der Waals surface area contributed by atoms with Crippen LogP contribution in [0.1, 0.15) is 36.5 Å². The van der Waals surface area contributed by atoms with Gasteiger partial charge in [-0.1, -0.05) is 63.9 Å². The molecular weight excluding hydrogens is 687 g/mol. The Morgan fingerprint density at radius 2 is 1.72 bits per heavy atom. The van der Waals surface area contributed by atoms with Crippen LogP contribution in [-0.4, -0.2) is 85.2 Å². The predicted molar refractivity (Wildman–Crippen MR) is 185 cm³/mol. The summed E-state index contributed by atoms with van der Waals surface area (Å²) in [5, 5.41) is 3.67. The molecule has 2 amide bonds. The van der Waals surface area contributed by atoms with Gasteiger partial charge in [-0.2, -0.15) is 0 Å². The van der Waals surface area contributed by atoms with Crippen molar-refractivity contribution in [3.8, 4) is 5.75 Å². The van der Waals surface area contributed by atoms with Crippen molar-refractivity contribution in [2.24, 2.45) is 5.92 Å². The molecule has 0 unspecified atom stereocenters. The summed E-state index contributed by atoms with van der Waals surface area (Å²) >= 11 is 9.84. The normalized spacial score (nSPS) is 16.9. The first-order valence-electron chi connectivity index (χ1n) is 16.4. The summed E-state index contributed by atoms with van der Waals surface area (Å²) < 4.78 is 26.9. The standard InChI is InChI=1S/C36H43BrClFN4O4/c1-2-46-33-10-6-9-32(39)30(33)24-42-19-21-43(22-20-42)35(44)34(40-36(45)47-25-26-7-4-3-5-8-26)27-13-16-41(17-14-27)18-15-28-23-29(38)11-12-31(28)37/h3-12,23,27,34H,2,13-22,24-25H2,1H3,(H,40,45)/t34-/m1/s1. The van der Waals surface area contributed by atoms with E-state index in [1.54, 1.807) is 12.1 Å². The first kappa shape index (κ1) is 35.1. The molecule has 8 nitrogen and oxygen atoms in total. The average molecular weight is 730 g/mol. The van der Waals surface area contributed by atoms with Crippen molar-refractivity contribution in [2.45, 2.75) is 45.4 Å². The molecule has 0 saturated carbocycles. The second-order valence-electron chi connectivity index (χ2n) is 12.1. The van der Waals surface area contributed by atoms with Gasteiger partial charge in [0.05, 0.1) is 6.61 Å². The number of carbonyl (C=O) groups is 2. The highest BCUT2D eigenvalue weighted by Gasteiger charge is 2.36. The Kier molecular flexibility index (Phi) is 12.9. The van der Waals surface area contributed by atoms with Gasteiger partial charge in [-0.25, -0.2) is 9.18 Å². The van der Waals surface area contributed by atoms with Crippen molar-refractivity contribution in [1.82, 2.24) is 20.0 Å². The smallest absolute Gasteiger partial charge is 0.408 e. The van der Waals surface area contributed by atoms with E-state index in [0.717, 1.165) is 54.0 Å². The highest BCUT2D eigenvalue weighted by molar-refractivity contribution is 9.10.